The van der Waals surface area contributed by atoms with Crippen LogP contribution < -0.4 is 10.6 Å². The SMILES string of the molecule is C.C.Cc1cc(N)nc(Cl)c1C.Cc1cc(N2C(=O)c3ccccc3C2=O)nc(Cl)c1C. The van der Waals surface area contributed by atoms with E-state index in [-0.39, 0.29) is 32.5 Å². The Hall–Kier alpha value is -2.96. The van der Waals surface area contributed by atoms with Crippen LogP contribution in [0.15, 0.2) is 36.4 Å². The van der Waals surface area contributed by atoms with Crippen molar-refractivity contribution >= 4 is 46.7 Å². The van der Waals surface area contributed by atoms with Crippen molar-refractivity contribution in [3.63, 3.8) is 0 Å². The van der Waals surface area contributed by atoms with E-state index in [1.54, 1.807) is 36.4 Å². The Bertz CT molecular complexity index is 1100. The number of nitrogens with zero attached hydrogens (tertiary/aromatic N) is 3. The fraction of sp³-hybridized carbons (Fsp3) is 0.250. The minimum atomic E-state index is -0.364. The van der Waals surface area contributed by atoms with Crippen LogP contribution in [0.1, 0.15) is 57.8 Å². The number of carbonyl (C=O) groups is 2. The van der Waals surface area contributed by atoms with E-state index in [9.17, 15) is 9.59 Å². The third kappa shape index (κ3) is 5.09. The number of carbonyl (C=O) groups excluding carboxylic acids is 2. The molecule has 0 spiro atoms. The zero-order valence-electron chi connectivity index (χ0n) is 17.0. The lowest BCUT2D eigenvalue weighted by Gasteiger charge is -2.15. The number of hydrogen-bond donors (Lipinski definition) is 1. The first-order valence-electron chi connectivity index (χ1n) is 9.12. The van der Waals surface area contributed by atoms with Crippen molar-refractivity contribution < 1.29 is 9.59 Å². The number of pyridine rings is 2. The van der Waals surface area contributed by atoms with Crippen LogP contribution in [0.25, 0.3) is 0 Å². The highest BCUT2D eigenvalue weighted by molar-refractivity contribution is 6.35. The number of aryl methyl sites for hydroxylation is 2. The molecule has 0 fully saturated rings. The zero-order valence-corrected chi connectivity index (χ0v) is 18.5. The number of benzene rings is 1. The van der Waals surface area contributed by atoms with Gasteiger partial charge in [-0.05, 0) is 74.2 Å². The van der Waals surface area contributed by atoms with Crippen molar-refractivity contribution in [2.45, 2.75) is 42.5 Å². The Kier molecular flexibility index (Phi) is 8.94. The van der Waals surface area contributed by atoms with Gasteiger partial charge in [-0.2, -0.15) is 0 Å². The van der Waals surface area contributed by atoms with Gasteiger partial charge in [0.2, 0.25) is 0 Å². The van der Waals surface area contributed by atoms with Crippen LogP contribution in [0, 0.1) is 27.7 Å². The lowest BCUT2D eigenvalue weighted by molar-refractivity contribution is 0.0925. The van der Waals surface area contributed by atoms with E-state index < -0.39 is 0 Å². The summed E-state index contributed by atoms with van der Waals surface area (Å²) in [7, 11) is 0. The van der Waals surface area contributed by atoms with Gasteiger partial charge >= 0.3 is 0 Å². The summed E-state index contributed by atoms with van der Waals surface area (Å²) in [5.74, 6) is 0.0206. The average Bonchev–Trinajstić information content (AvgIpc) is 2.95. The largest absolute Gasteiger partial charge is 0.384 e. The lowest BCUT2D eigenvalue weighted by atomic mass is 10.1. The highest BCUT2D eigenvalue weighted by atomic mass is 35.5. The number of imide groups is 1. The predicted molar refractivity (Wildman–Crippen MR) is 133 cm³/mol. The van der Waals surface area contributed by atoms with Gasteiger partial charge in [0.05, 0.1) is 11.1 Å². The molecule has 4 rings (SSSR count). The molecule has 0 bridgehead atoms. The summed E-state index contributed by atoms with van der Waals surface area (Å²) in [6, 6.07) is 10.2. The van der Waals surface area contributed by atoms with E-state index in [1.807, 2.05) is 27.7 Å². The third-order valence-electron chi connectivity index (χ3n) is 4.98. The molecular formula is C24H28Cl2N4O2. The summed E-state index contributed by atoms with van der Waals surface area (Å²) in [5.41, 5.74) is 10.0. The van der Waals surface area contributed by atoms with E-state index in [2.05, 4.69) is 9.97 Å². The van der Waals surface area contributed by atoms with Gasteiger partial charge in [-0.25, -0.2) is 14.9 Å². The first-order valence-corrected chi connectivity index (χ1v) is 9.88. The first kappa shape index (κ1) is 27.1. The minimum Gasteiger partial charge on any atom is -0.384 e. The van der Waals surface area contributed by atoms with Gasteiger partial charge in [0, 0.05) is 0 Å². The number of aromatic nitrogens is 2. The second-order valence-corrected chi connectivity index (χ2v) is 7.70. The Labute approximate surface area is 199 Å². The molecule has 6 nitrogen and oxygen atoms in total. The molecule has 0 radical (unpaired) electrons. The van der Waals surface area contributed by atoms with Crippen molar-refractivity contribution in [1.29, 1.82) is 0 Å². The lowest BCUT2D eigenvalue weighted by Crippen LogP contribution is -2.30. The molecule has 0 aliphatic carbocycles. The molecule has 0 saturated heterocycles. The van der Waals surface area contributed by atoms with E-state index in [0.717, 1.165) is 27.2 Å². The second-order valence-electron chi connectivity index (χ2n) is 6.98. The second kappa shape index (κ2) is 10.6. The van der Waals surface area contributed by atoms with Crippen molar-refractivity contribution in [3.05, 3.63) is 80.1 Å². The quantitative estimate of drug-likeness (QED) is 0.327. The van der Waals surface area contributed by atoms with Crippen LogP contribution >= 0.6 is 23.2 Å². The fourth-order valence-electron chi connectivity index (χ4n) is 2.92. The summed E-state index contributed by atoms with van der Waals surface area (Å²) in [5, 5.41) is 0.800. The standard InChI is InChI=1S/C15H11ClN2O2.C7H9ClN2.2CH4/c1-8-7-12(17-13(16)9(8)2)18-14(19)10-5-3-4-6-11(10)15(18)20;1-4-3-6(9)10-7(8)5(4)2;;/h3-7H,1-2H3;3H,1-2H3,(H2,9,10);2*1H4. The van der Waals surface area contributed by atoms with Crippen LogP contribution in [-0.2, 0) is 0 Å². The Morgan fingerprint density at radius 2 is 1.22 bits per heavy atom. The number of anilines is 2. The number of nitrogens with two attached hydrogens (primary N) is 1. The van der Waals surface area contributed by atoms with Gasteiger partial charge in [0.1, 0.15) is 21.9 Å². The zero-order chi connectivity index (χ0) is 22.2. The van der Waals surface area contributed by atoms with Gasteiger partial charge in [-0.3, -0.25) is 9.59 Å². The molecule has 0 unspecified atom stereocenters. The van der Waals surface area contributed by atoms with Gasteiger partial charge < -0.3 is 5.73 Å². The van der Waals surface area contributed by atoms with Gasteiger partial charge in [-0.15, -0.1) is 0 Å². The first-order chi connectivity index (χ1) is 14.1. The summed E-state index contributed by atoms with van der Waals surface area (Å²) in [6.07, 6.45) is 0. The maximum Gasteiger partial charge on any atom is 0.267 e. The Balaban J connectivity index is 0.000000366. The molecule has 3 aromatic rings. The summed E-state index contributed by atoms with van der Waals surface area (Å²) >= 11 is 11.8. The normalized spacial score (nSPS) is 11.8. The highest BCUT2D eigenvalue weighted by Gasteiger charge is 2.37. The van der Waals surface area contributed by atoms with Gasteiger partial charge in [0.15, 0.2) is 0 Å². The van der Waals surface area contributed by atoms with E-state index in [0.29, 0.717) is 27.3 Å². The molecule has 1 aromatic carbocycles. The molecule has 2 amide bonds. The maximum atomic E-state index is 12.3. The van der Waals surface area contributed by atoms with E-state index in [1.165, 1.54) is 0 Å². The number of amides is 2. The van der Waals surface area contributed by atoms with Crippen LogP contribution in [0.4, 0.5) is 11.6 Å². The van der Waals surface area contributed by atoms with Gasteiger partial charge in [0.25, 0.3) is 11.8 Å². The van der Waals surface area contributed by atoms with Crippen LogP contribution in [0.3, 0.4) is 0 Å². The van der Waals surface area contributed by atoms with Crippen LogP contribution in [0.5, 0.6) is 0 Å². The molecule has 3 heterocycles. The van der Waals surface area contributed by atoms with Crippen LogP contribution in [0.2, 0.25) is 10.3 Å². The molecule has 2 aromatic heterocycles. The molecule has 0 atom stereocenters. The number of halogens is 2. The number of nitrogen functional groups attached to an aromatic ring is 1. The molecule has 1 aliphatic rings. The molecule has 32 heavy (non-hydrogen) atoms. The number of hydrogen-bond acceptors (Lipinski definition) is 5. The van der Waals surface area contributed by atoms with Crippen molar-refractivity contribution in [1.82, 2.24) is 9.97 Å². The van der Waals surface area contributed by atoms with E-state index >= 15 is 0 Å². The number of rotatable bonds is 1. The summed E-state index contributed by atoms with van der Waals surface area (Å²) in [6.45, 7) is 7.59. The molecule has 2 N–H and O–H groups in total. The molecule has 170 valence electrons. The monoisotopic (exact) mass is 474 g/mol. The molecule has 1 aliphatic heterocycles. The smallest absolute Gasteiger partial charge is 0.267 e. The average molecular weight is 475 g/mol. The van der Waals surface area contributed by atoms with Crippen LogP contribution in [-0.4, -0.2) is 21.8 Å². The Morgan fingerprint density at radius 3 is 1.66 bits per heavy atom. The summed E-state index contributed by atoms with van der Waals surface area (Å²) in [4.78, 5) is 33.8. The molecular weight excluding hydrogens is 447 g/mol. The van der Waals surface area contributed by atoms with E-state index in [4.69, 9.17) is 28.9 Å². The van der Waals surface area contributed by atoms with Crippen molar-refractivity contribution in [3.8, 4) is 0 Å². The maximum absolute atomic E-state index is 12.3. The highest BCUT2D eigenvalue weighted by Crippen LogP contribution is 2.30. The molecule has 0 saturated carbocycles. The third-order valence-corrected chi connectivity index (χ3v) is 5.71. The number of fused-ring (bicyclic) bond motifs is 1. The van der Waals surface area contributed by atoms with Gasteiger partial charge in [-0.1, -0.05) is 50.2 Å². The van der Waals surface area contributed by atoms with Crippen molar-refractivity contribution in [2.75, 3.05) is 10.6 Å². The topological polar surface area (TPSA) is 89.2 Å². The predicted octanol–water partition coefficient (Wildman–Crippen LogP) is 6.36. The molecule has 8 heteroatoms. The Morgan fingerprint density at radius 1 is 0.781 bits per heavy atom. The minimum absolute atomic E-state index is 0. The fourth-order valence-corrected chi connectivity index (χ4v) is 3.40. The van der Waals surface area contributed by atoms with Crippen molar-refractivity contribution in [2.24, 2.45) is 0 Å². The summed E-state index contributed by atoms with van der Waals surface area (Å²) < 4.78 is 0.